The predicted molar refractivity (Wildman–Crippen MR) is 132 cm³/mol. The van der Waals surface area contributed by atoms with Crippen LogP contribution in [0.4, 0.5) is 0 Å². The van der Waals surface area contributed by atoms with Crippen molar-refractivity contribution in [3.05, 3.63) is 29.3 Å². The number of rotatable bonds is 11. The number of ether oxygens (including phenoxy) is 2. The second-order valence-corrected chi connectivity index (χ2v) is 7.51. The average molecular weight is 532 g/mol. The third kappa shape index (κ3) is 9.97. The molecule has 0 atom stereocenters. The fourth-order valence-corrected chi connectivity index (χ4v) is 3.51. The van der Waals surface area contributed by atoms with Crippen LogP contribution in [0.3, 0.4) is 0 Å². The topological polar surface area (TPSA) is 84.0 Å². The van der Waals surface area contributed by atoms with Gasteiger partial charge in [0.1, 0.15) is 12.4 Å². The quantitative estimate of drug-likeness (QED) is 0.177. The zero-order valence-electron chi connectivity index (χ0n) is 18.5. The third-order valence-electron chi connectivity index (χ3n) is 5.13. The molecule has 1 amide bonds. The summed E-state index contributed by atoms with van der Waals surface area (Å²) in [6.45, 7) is 4.92. The summed E-state index contributed by atoms with van der Waals surface area (Å²) in [5.41, 5.74) is 2.21. The van der Waals surface area contributed by atoms with Crippen LogP contribution in [0.15, 0.2) is 23.2 Å². The molecule has 1 saturated carbocycles. The second kappa shape index (κ2) is 15.3. The van der Waals surface area contributed by atoms with Gasteiger partial charge in [0.2, 0.25) is 5.91 Å². The summed E-state index contributed by atoms with van der Waals surface area (Å²) in [5, 5.41) is 9.52. The van der Waals surface area contributed by atoms with E-state index in [0.717, 1.165) is 16.9 Å². The minimum atomic E-state index is 0. The van der Waals surface area contributed by atoms with E-state index in [4.69, 9.17) is 9.47 Å². The van der Waals surface area contributed by atoms with Crippen molar-refractivity contribution in [2.24, 2.45) is 10.9 Å². The van der Waals surface area contributed by atoms with Crippen LogP contribution in [0.2, 0.25) is 0 Å². The van der Waals surface area contributed by atoms with Gasteiger partial charge < -0.3 is 25.4 Å². The number of carbonyl (C=O) groups is 1. The minimum absolute atomic E-state index is 0. The minimum Gasteiger partial charge on any atom is -0.491 e. The summed E-state index contributed by atoms with van der Waals surface area (Å²) < 4.78 is 10.9. The maximum atomic E-state index is 12.0. The molecule has 170 valence electrons. The van der Waals surface area contributed by atoms with Crippen molar-refractivity contribution in [2.75, 3.05) is 40.5 Å². The Kier molecular flexibility index (Phi) is 13.5. The first-order valence-electron chi connectivity index (χ1n) is 10.5. The van der Waals surface area contributed by atoms with E-state index in [-0.39, 0.29) is 29.9 Å². The number of aryl methyl sites for hydroxylation is 1. The van der Waals surface area contributed by atoms with Crippen molar-refractivity contribution < 1.29 is 14.3 Å². The van der Waals surface area contributed by atoms with Crippen molar-refractivity contribution in [2.45, 2.75) is 45.6 Å². The van der Waals surface area contributed by atoms with Crippen molar-refractivity contribution in [1.29, 1.82) is 0 Å². The van der Waals surface area contributed by atoms with E-state index in [1.54, 1.807) is 14.2 Å². The molecule has 1 aliphatic carbocycles. The lowest BCUT2D eigenvalue weighted by Crippen LogP contribution is -2.41. The van der Waals surface area contributed by atoms with Crippen LogP contribution in [-0.2, 0) is 16.1 Å². The number of amides is 1. The van der Waals surface area contributed by atoms with Gasteiger partial charge in [-0.15, -0.1) is 24.0 Å². The summed E-state index contributed by atoms with van der Waals surface area (Å²) in [4.78, 5) is 16.2. The molecule has 1 aliphatic rings. The number of nitrogens with one attached hydrogen (secondary N) is 3. The Morgan fingerprint density at radius 3 is 2.57 bits per heavy atom. The van der Waals surface area contributed by atoms with Gasteiger partial charge in [0.15, 0.2) is 5.96 Å². The molecular weight excluding hydrogens is 495 g/mol. The van der Waals surface area contributed by atoms with E-state index in [1.165, 1.54) is 25.7 Å². The number of carbonyl (C=O) groups excluding carboxylic acids is 1. The standard InChI is InChI=1S/C22H36N4O3.HI/c1-17-8-9-19(20(14-17)29-13-12-28-3)16-26-22(23-2)25-11-10-24-21(27)15-18-6-4-5-7-18;/h8-9,14,18H,4-7,10-13,15-16H2,1-3H3,(H,24,27)(H2,23,25,26);1H. The Balaban J connectivity index is 0.00000450. The largest absolute Gasteiger partial charge is 0.491 e. The Hall–Kier alpha value is -1.55. The number of hydrogen-bond acceptors (Lipinski definition) is 4. The molecule has 0 spiro atoms. The first kappa shape index (κ1) is 26.5. The number of halogens is 1. The number of benzene rings is 1. The molecule has 0 aliphatic heterocycles. The SMILES string of the molecule is CN=C(NCCNC(=O)CC1CCCC1)NCc1ccc(C)cc1OCCOC.I. The van der Waals surface area contributed by atoms with Gasteiger partial charge >= 0.3 is 0 Å². The van der Waals surface area contributed by atoms with Gasteiger partial charge in [-0.1, -0.05) is 25.0 Å². The van der Waals surface area contributed by atoms with Crippen LogP contribution < -0.4 is 20.7 Å². The monoisotopic (exact) mass is 532 g/mol. The average Bonchev–Trinajstić information content (AvgIpc) is 3.21. The Morgan fingerprint density at radius 2 is 1.87 bits per heavy atom. The molecule has 0 heterocycles. The molecular formula is C22H37IN4O3. The molecule has 8 heteroatoms. The van der Waals surface area contributed by atoms with E-state index in [1.807, 2.05) is 13.0 Å². The number of methoxy groups -OCH3 is 1. The Morgan fingerprint density at radius 1 is 1.13 bits per heavy atom. The molecule has 0 bridgehead atoms. The van der Waals surface area contributed by atoms with Crippen LogP contribution in [0.5, 0.6) is 5.75 Å². The summed E-state index contributed by atoms with van der Waals surface area (Å²) in [5.74, 6) is 2.27. The fourth-order valence-electron chi connectivity index (χ4n) is 3.51. The Bertz CT molecular complexity index is 664. The van der Waals surface area contributed by atoms with E-state index in [2.05, 4.69) is 33.1 Å². The van der Waals surface area contributed by atoms with E-state index in [0.29, 0.717) is 51.1 Å². The van der Waals surface area contributed by atoms with Gasteiger partial charge in [0.25, 0.3) is 0 Å². The highest BCUT2D eigenvalue weighted by Crippen LogP contribution is 2.27. The summed E-state index contributed by atoms with van der Waals surface area (Å²) >= 11 is 0. The normalized spacial score (nSPS) is 14.2. The first-order valence-corrected chi connectivity index (χ1v) is 10.5. The summed E-state index contributed by atoms with van der Waals surface area (Å²) in [6, 6.07) is 6.15. The second-order valence-electron chi connectivity index (χ2n) is 7.51. The van der Waals surface area contributed by atoms with Crippen LogP contribution in [0, 0.1) is 12.8 Å². The van der Waals surface area contributed by atoms with Crippen LogP contribution in [0.25, 0.3) is 0 Å². The van der Waals surface area contributed by atoms with Crippen LogP contribution in [0.1, 0.15) is 43.2 Å². The zero-order chi connectivity index (χ0) is 20.9. The highest BCUT2D eigenvalue weighted by Gasteiger charge is 2.17. The molecule has 1 aromatic rings. The van der Waals surface area contributed by atoms with E-state index in [9.17, 15) is 4.79 Å². The summed E-state index contributed by atoms with van der Waals surface area (Å²) in [7, 11) is 3.40. The number of hydrogen-bond donors (Lipinski definition) is 3. The maximum Gasteiger partial charge on any atom is 0.220 e. The molecule has 0 aromatic heterocycles. The van der Waals surface area contributed by atoms with Gasteiger partial charge in [0.05, 0.1) is 6.61 Å². The Labute approximate surface area is 197 Å². The van der Waals surface area contributed by atoms with Gasteiger partial charge in [-0.25, -0.2) is 0 Å². The number of nitrogens with zero attached hydrogens (tertiary/aromatic N) is 1. The van der Waals surface area contributed by atoms with E-state index < -0.39 is 0 Å². The van der Waals surface area contributed by atoms with Gasteiger partial charge in [-0.05, 0) is 37.3 Å². The predicted octanol–water partition coefficient (Wildman–Crippen LogP) is 3.00. The molecule has 0 saturated heterocycles. The van der Waals surface area contributed by atoms with Gasteiger partial charge in [0, 0.05) is 45.8 Å². The zero-order valence-corrected chi connectivity index (χ0v) is 20.8. The number of guanidine groups is 1. The molecule has 3 N–H and O–H groups in total. The smallest absolute Gasteiger partial charge is 0.220 e. The lowest BCUT2D eigenvalue weighted by molar-refractivity contribution is -0.121. The van der Waals surface area contributed by atoms with Crippen molar-refractivity contribution in [1.82, 2.24) is 16.0 Å². The van der Waals surface area contributed by atoms with Crippen molar-refractivity contribution in [3.63, 3.8) is 0 Å². The van der Waals surface area contributed by atoms with Gasteiger partial charge in [-0.2, -0.15) is 0 Å². The molecule has 30 heavy (non-hydrogen) atoms. The van der Waals surface area contributed by atoms with Crippen molar-refractivity contribution >= 4 is 35.8 Å². The molecule has 1 fully saturated rings. The van der Waals surface area contributed by atoms with Crippen LogP contribution in [-0.4, -0.2) is 52.3 Å². The molecule has 0 unspecified atom stereocenters. The lowest BCUT2D eigenvalue weighted by Gasteiger charge is -2.16. The summed E-state index contributed by atoms with van der Waals surface area (Å²) in [6.07, 6.45) is 5.58. The molecule has 1 aromatic carbocycles. The van der Waals surface area contributed by atoms with Crippen LogP contribution >= 0.6 is 24.0 Å². The fraction of sp³-hybridized carbons (Fsp3) is 0.636. The molecule has 7 nitrogen and oxygen atoms in total. The number of aliphatic imine (C=N–C) groups is 1. The maximum absolute atomic E-state index is 12.0. The highest BCUT2D eigenvalue weighted by molar-refractivity contribution is 14.0. The van der Waals surface area contributed by atoms with E-state index >= 15 is 0 Å². The molecule has 2 rings (SSSR count). The lowest BCUT2D eigenvalue weighted by atomic mass is 10.0. The first-order chi connectivity index (χ1) is 14.1. The highest BCUT2D eigenvalue weighted by atomic mass is 127. The van der Waals surface area contributed by atoms with Crippen molar-refractivity contribution in [3.8, 4) is 5.75 Å². The third-order valence-corrected chi connectivity index (χ3v) is 5.13. The molecule has 0 radical (unpaired) electrons. The van der Waals surface area contributed by atoms with Gasteiger partial charge in [-0.3, -0.25) is 9.79 Å².